The van der Waals surface area contributed by atoms with E-state index in [2.05, 4.69) is 34.2 Å². The maximum absolute atomic E-state index is 6.48. The third kappa shape index (κ3) is 2.84. The molecule has 3 heterocycles. The number of hydrogen-bond donors (Lipinski definition) is 1. The number of fused-ring (bicyclic) bond motifs is 3. The predicted octanol–water partition coefficient (Wildman–Crippen LogP) is 4.61. The van der Waals surface area contributed by atoms with Gasteiger partial charge in [0.05, 0.1) is 22.9 Å². The van der Waals surface area contributed by atoms with E-state index in [0.717, 1.165) is 29.1 Å². The third-order valence-corrected chi connectivity index (χ3v) is 4.74. The summed E-state index contributed by atoms with van der Waals surface area (Å²) in [6, 6.07) is 7.97. The summed E-state index contributed by atoms with van der Waals surface area (Å²) in [6.07, 6.45) is 6.04. The van der Waals surface area contributed by atoms with Crippen LogP contribution in [0.5, 0.6) is 0 Å². The summed E-state index contributed by atoms with van der Waals surface area (Å²) in [5, 5.41) is 9.31. The Morgan fingerprint density at radius 3 is 2.92 bits per heavy atom. The van der Waals surface area contributed by atoms with Gasteiger partial charge in [-0.25, -0.2) is 0 Å². The molecule has 7 heteroatoms. The Morgan fingerprint density at radius 1 is 1.33 bits per heavy atom. The van der Waals surface area contributed by atoms with E-state index < -0.39 is 0 Å². The minimum Gasteiger partial charge on any atom is -0.317 e. The molecule has 0 aliphatic carbocycles. The molecule has 4 nitrogen and oxygen atoms in total. The summed E-state index contributed by atoms with van der Waals surface area (Å²) in [4.78, 5) is 0. The Balaban J connectivity index is 0.00000169. The van der Waals surface area contributed by atoms with Crippen LogP contribution in [0.1, 0.15) is 29.8 Å². The molecule has 4 rings (SSSR count). The van der Waals surface area contributed by atoms with Crippen LogP contribution in [0.15, 0.2) is 42.9 Å². The maximum atomic E-state index is 6.48. The largest absolute Gasteiger partial charge is 0.317 e. The Morgan fingerprint density at radius 2 is 2.17 bits per heavy atom. The van der Waals surface area contributed by atoms with Crippen LogP contribution in [0.2, 0.25) is 10.0 Å². The van der Waals surface area contributed by atoms with Crippen molar-refractivity contribution in [2.24, 2.45) is 0 Å². The number of nitrogens with one attached hydrogen (secondary N) is 1. The summed E-state index contributed by atoms with van der Waals surface area (Å²) < 4.78 is 4.08. The second kappa shape index (κ2) is 6.81. The second-order valence-electron chi connectivity index (χ2n) is 5.64. The fraction of sp³-hybridized carbons (Fsp3) is 0.235. The van der Waals surface area contributed by atoms with Crippen molar-refractivity contribution in [1.29, 1.82) is 0 Å². The average molecular weight is 384 g/mol. The molecule has 1 aliphatic heterocycles. The number of hydrogen-bond acceptors (Lipinski definition) is 2. The zero-order valence-electron chi connectivity index (χ0n) is 13.0. The number of aromatic nitrogens is 3. The van der Waals surface area contributed by atoms with E-state index >= 15 is 0 Å². The van der Waals surface area contributed by atoms with Crippen LogP contribution in [-0.4, -0.2) is 14.3 Å². The van der Waals surface area contributed by atoms with Crippen LogP contribution in [0.4, 0.5) is 0 Å². The number of benzene rings is 1. The van der Waals surface area contributed by atoms with Gasteiger partial charge in [0.1, 0.15) is 0 Å². The van der Waals surface area contributed by atoms with Crippen molar-refractivity contribution in [3.63, 3.8) is 0 Å². The monoisotopic (exact) mass is 382 g/mol. The van der Waals surface area contributed by atoms with E-state index in [1.807, 2.05) is 29.2 Å². The Labute approximate surface area is 156 Å². The lowest BCUT2D eigenvalue weighted by molar-refractivity contribution is 0.598. The fourth-order valence-corrected chi connectivity index (χ4v) is 3.79. The molecule has 1 aromatic carbocycles. The quantitative estimate of drug-likeness (QED) is 0.701. The zero-order valence-corrected chi connectivity index (χ0v) is 15.4. The number of halogens is 3. The van der Waals surface area contributed by atoms with E-state index in [0.29, 0.717) is 16.6 Å². The van der Waals surface area contributed by atoms with Crippen molar-refractivity contribution in [3.05, 3.63) is 69.7 Å². The molecule has 3 aromatic rings. The highest BCUT2D eigenvalue weighted by Crippen LogP contribution is 2.35. The van der Waals surface area contributed by atoms with E-state index in [-0.39, 0.29) is 18.4 Å². The van der Waals surface area contributed by atoms with Gasteiger partial charge in [0.25, 0.3) is 0 Å². The van der Waals surface area contributed by atoms with E-state index in [1.54, 1.807) is 6.07 Å². The van der Waals surface area contributed by atoms with Crippen LogP contribution < -0.4 is 5.32 Å². The Bertz CT molecular complexity index is 869. The molecule has 1 unspecified atom stereocenters. The van der Waals surface area contributed by atoms with Crippen molar-refractivity contribution in [1.82, 2.24) is 19.7 Å². The zero-order chi connectivity index (χ0) is 16.0. The van der Waals surface area contributed by atoms with Crippen molar-refractivity contribution in [2.45, 2.75) is 26.1 Å². The van der Waals surface area contributed by atoms with Crippen molar-refractivity contribution >= 4 is 35.6 Å². The topological polar surface area (TPSA) is 34.8 Å². The van der Waals surface area contributed by atoms with Gasteiger partial charge < -0.3 is 9.88 Å². The second-order valence-corrected chi connectivity index (χ2v) is 6.49. The SMILES string of the molecule is CCn1cc(C2NCc3cc(Cl)cc(Cl)c3-n3cccc32)cn1.Cl. The van der Waals surface area contributed by atoms with Crippen LogP contribution in [0.3, 0.4) is 0 Å². The minimum atomic E-state index is 0. The van der Waals surface area contributed by atoms with Gasteiger partial charge in [0, 0.05) is 41.8 Å². The first-order valence-corrected chi connectivity index (χ1v) is 8.34. The van der Waals surface area contributed by atoms with E-state index in [4.69, 9.17) is 23.2 Å². The molecule has 1 aliphatic rings. The summed E-state index contributed by atoms with van der Waals surface area (Å²) in [7, 11) is 0. The lowest BCUT2D eigenvalue weighted by atomic mass is 10.1. The molecule has 0 amide bonds. The minimum absolute atomic E-state index is 0. The van der Waals surface area contributed by atoms with Gasteiger partial charge in [-0.3, -0.25) is 4.68 Å². The van der Waals surface area contributed by atoms with Crippen molar-refractivity contribution in [2.75, 3.05) is 0 Å². The number of rotatable bonds is 2. The first-order valence-electron chi connectivity index (χ1n) is 7.58. The molecule has 0 bridgehead atoms. The number of aryl methyl sites for hydroxylation is 1. The highest BCUT2D eigenvalue weighted by Gasteiger charge is 2.25. The molecule has 0 saturated heterocycles. The fourth-order valence-electron chi connectivity index (χ4n) is 3.16. The van der Waals surface area contributed by atoms with Gasteiger partial charge >= 0.3 is 0 Å². The van der Waals surface area contributed by atoms with Crippen LogP contribution in [0.25, 0.3) is 5.69 Å². The molecule has 1 atom stereocenters. The van der Waals surface area contributed by atoms with Gasteiger partial charge in [0.15, 0.2) is 0 Å². The lowest BCUT2D eigenvalue weighted by Crippen LogP contribution is -2.20. The van der Waals surface area contributed by atoms with Crippen LogP contribution in [0, 0.1) is 0 Å². The molecule has 0 saturated carbocycles. The smallest absolute Gasteiger partial charge is 0.0768 e. The Hall–Kier alpha value is -1.46. The molecule has 1 N–H and O–H groups in total. The summed E-state index contributed by atoms with van der Waals surface area (Å²) in [6.45, 7) is 3.63. The lowest BCUT2D eigenvalue weighted by Gasteiger charge is -2.16. The van der Waals surface area contributed by atoms with Crippen molar-refractivity contribution < 1.29 is 0 Å². The summed E-state index contributed by atoms with van der Waals surface area (Å²) in [5.41, 5.74) is 4.37. The van der Waals surface area contributed by atoms with E-state index in [1.165, 1.54) is 0 Å². The van der Waals surface area contributed by atoms with E-state index in [9.17, 15) is 0 Å². The molecule has 126 valence electrons. The molecule has 0 radical (unpaired) electrons. The van der Waals surface area contributed by atoms with Crippen LogP contribution >= 0.6 is 35.6 Å². The first-order chi connectivity index (χ1) is 11.2. The highest BCUT2D eigenvalue weighted by molar-refractivity contribution is 6.36. The molecule has 0 fully saturated rings. The van der Waals surface area contributed by atoms with Crippen molar-refractivity contribution in [3.8, 4) is 5.69 Å². The van der Waals surface area contributed by atoms with Gasteiger partial charge in [0.2, 0.25) is 0 Å². The van der Waals surface area contributed by atoms with Crippen LogP contribution in [-0.2, 0) is 13.1 Å². The predicted molar refractivity (Wildman–Crippen MR) is 99.6 cm³/mol. The van der Waals surface area contributed by atoms with Gasteiger partial charge in [-0.05, 0) is 36.8 Å². The molecular weight excluding hydrogens is 367 g/mol. The van der Waals surface area contributed by atoms with Gasteiger partial charge in [-0.15, -0.1) is 12.4 Å². The van der Waals surface area contributed by atoms with Gasteiger partial charge in [-0.2, -0.15) is 5.10 Å². The third-order valence-electron chi connectivity index (χ3n) is 4.23. The standard InChI is InChI=1S/C17H16Cl2N4.ClH/c1-2-22-10-12(9-21-22)16-15-4-3-5-23(15)17-11(8-20-16)6-13(18)7-14(17)19;/h3-7,9-10,16,20H,2,8H2,1H3;1H. The Kier molecular flexibility index (Phi) is 4.92. The average Bonchev–Trinajstić information content (AvgIpc) is 3.15. The number of nitrogens with zero attached hydrogens (tertiary/aromatic N) is 3. The molecule has 2 aromatic heterocycles. The summed E-state index contributed by atoms with van der Waals surface area (Å²) >= 11 is 12.7. The molecule has 24 heavy (non-hydrogen) atoms. The first kappa shape index (κ1) is 17.4. The highest BCUT2D eigenvalue weighted by atomic mass is 35.5. The maximum Gasteiger partial charge on any atom is 0.0768 e. The molecule has 0 spiro atoms. The normalized spacial score (nSPS) is 16.0. The molecular formula is C17H17Cl3N4. The van der Waals surface area contributed by atoms with Gasteiger partial charge in [-0.1, -0.05) is 23.2 Å². The summed E-state index contributed by atoms with van der Waals surface area (Å²) in [5.74, 6) is 0.